The summed E-state index contributed by atoms with van der Waals surface area (Å²) in [4.78, 5) is 14.0. The molecule has 0 aliphatic heterocycles. The smallest absolute Gasteiger partial charge is 0.191 e. The fraction of sp³-hybridized carbons (Fsp3) is 0.357. The van der Waals surface area contributed by atoms with Gasteiger partial charge in [0.1, 0.15) is 5.75 Å². The normalized spacial score (nSPS) is 10.5. The Morgan fingerprint density at radius 2 is 1.94 bits per heavy atom. The van der Waals surface area contributed by atoms with Crippen LogP contribution in [0.4, 0.5) is 0 Å². The van der Waals surface area contributed by atoms with E-state index < -0.39 is 0 Å². The third-order valence-electron chi connectivity index (χ3n) is 2.62. The number of methoxy groups -OCH3 is 1. The summed E-state index contributed by atoms with van der Waals surface area (Å²) in [7, 11) is 1.57. The zero-order valence-corrected chi connectivity index (χ0v) is 10.6. The summed E-state index contributed by atoms with van der Waals surface area (Å²) in [6.45, 7) is 5.90. The van der Waals surface area contributed by atoms with Gasteiger partial charge in [0.15, 0.2) is 5.78 Å². The Morgan fingerprint density at radius 3 is 2.53 bits per heavy atom. The third-order valence-corrected chi connectivity index (χ3v) is 2.62. The highest BCUT2D eigenvalue weighted by Crippen LogP contribution is 2.18. The van der Waals surface area contributed by atoms with Crippen LogP contribution in [-0.2, 0) is 0 Å². The van der Waals surface area contributed by atoms with Crippen LogP contribution >= 0.6 is 0 Å². The summed E-state index contributed by atoms with van der Waals surface area (Å²) in [5.74, 6) is 0.580. The predicted octanol–water partition coefficient (Wildman–Crippen LogP) is 2.73. The van der Waals surface area contributed by atoms with E-state index in [4.69, 9.17) is 4.74 Å². The van der Waals surface area contributed by atoms with Crippen LogP contribution in [0.3, 0.4) is 0 Å². The zero-order chi connectivity index (χ0) is 12.7. The number of nitrogens with zero attached hydrogens (tertiary/aromatic N) is 1. The lowest BCUT2D eigenvalue weighted by Gasteiger charge is -2.14. The van der Waals surface area contributed by atoms with E-state index in [0.29, 0.717) is 11.3 Å². The molecule has 1 rings (SSSR count). The monoisotopic (exact) mass is 233 g/mol. The van der Waals surface area contributed by atoms with Crippen LogP contribution in [0.25, 0.3) is 0 Å². The van der Waals surface area contributed by atoms with Crippen LogP contribution in [0.2, 0.25) is 0 Å². The molecule has 0 aliphatic rings. The maximum Gasteiger partial charge on any atom is 0.191 e. The molecular formula is C14H19NO2. The summed E-state index contributed by atoms with van der Waals surface area (Å²) in [6, 6.07) is 7.25. The van der Waals surface area contributed by atoms with E-state index in [0.717, 1.165) is 13.1 Å². The molecule has 1 aromatic rings. The molecule has 0 unspecified atom stereocenters. The van der Waals surface area contributed by atoms with Crippen molar-refractivity contribution in [3.63, 3.8) is 0 Å². The molecule has 0 saturated carbocycles. The van der Waals surface area contributed by atoms with Gasteiger partial charge in [-0.3, -0.25) is 4.79 Å². The number of hydrogen-bond acceptors (Lipinski definition) is 3. The number of carbonyl (C=O) groups is 1. The number of ether oxygens (including phenoxy) is 1. The van der Waals surface area contributed by atoms with Crippen molar-refractivity contribution in [1.82, 2.24) is 4.90 Å². The molecule has 0 fully saturated rings. The number of rotatable bonds is 6. The molecule has 0 atom stereocenters. The van der Waals surface area contributed by atoms with Crippen LogP contribution in [0.15, 0.2) is 36.5 Å². The number of hydrogen-bond donors (Lipinski definition) is 0. The zero-order valence-electron chi connectivity index (χ0n) is 10.6. The van der Waals surface area contributed by atoms with E-state index >= 15 is 0 Å². The lowest BCUT2D eigenvalue weighted by molar-refractivity contribution is 0.104. The molecule has 0 amide bonds. The molecule has 92 valence electrons. The van der Waals surface area contributed by atoms with Crippen molar-refractivity contribution in [2.75, 3.05) is 20.2 Å². The van der Waals surface area contributed by atoms with Gasteiger partial charge in [0.25, 0.3) is 0 Å². The summed E-state index contributed by atoms with van der Waals surface area (Å²) < 4.78 is 5.16. The van der Waals surface area contributed by atoms with Crippen molar-refractivity contribution in [2.24, 2.45) is 0 Å². The van der Waals surface area contributed by atoms with Crippen molar-refractivity contribution < 1.29 is 9.53 Å². The molecule has 17 heavy (non-hydrogen) atoms. The lowest BCUT2D eigenvalue weighted by atomic mass is 10.1. The first-order chi connectivity index (χ1) is 8.22. The topological polar surface area (TPSA) is 29.5 Å². The highest BCUT2D eigenvalue weighted by atomic mass is 16.5. The van der Waals surface area contributed by atoms with E-state index in [1.54, 1.807) is 25.3 Å². The molecule has 3 heteroatoms. The first-order valence-electron chi connectivity index (χ1n) is 5.82. The van der Waals surface area contributed by atoms with Crippen LogP contribution in [0.5, 0.6) is 5.75 Å². The number of ketones is 1. The summed E-state index contributed by atoms with van der Waals surface area (Å²) in [5, 5.41) is 0. The first-order valence-corrected chi connectivity index (χ1v) is 5.82. The Morgan fingerprint density at radius 1 is 1.29 bits per heavy atom. The van der Waals surface area contributed by atoms with Gasteiger partial charge in [-0.1, -0.05) is 12.1 Å². The van der Waals surface area contributed by atoms with Gasteiger partial charge < -0.3 is 9.64 Å². The van der Waals surface area contributed by atoms with E-state index in [1.807, 2.05) is 18.3 Å². The van der Waals surface area contributed by atoms with Gasteiger partial charge in [-0.2, -0.15) is 0 Å². The lowest BCUT2D eigenvalue weighted by Crippen LogP contribution is -2.15. The second-order valence-electron chi connectivity index (χ2n) is 3.60. The van der Waals surface area contributed by atoms with Crippen molar-refractivity contribution >= 4 is 5.78 Å². The fourth-order valence-electron chi connectivity index (χ4n) is 1.55. The van der Waals surface area contributed by atoms with Crippen molar-refractivity contribution in [1.29, 1.82) is 0 Å². The van der Waals surface area contributed by atoms with E-state index in [2.05, 4.69) is 18.7 Å². The molecule has 3 nitrogen and oxygen atoms in total. The molecule has 0 spiro atoms. The van der Waals surface area contributed by atoms with Gasteiger partial charge in [0, 0.05) is 25.4 Å². The quantitative estimate of drug-likeness (QED) is 0.559. The Balaban J connectivity index is 2.82. The summed E-state index contributed by atoms with van der Waals surface area (Å²) in [6.07, 6.45) is 3.42. The third kappa shape index (κ3) is 3.63. The first kappa shape index (κ1) is 13.3. The standard InChI is InChI=1S/C14H19NO2/c1-4-15(5-2)11-10-13(16)12-8-6-7-9-14(12)17-3/h6-11H,4-5H2,1-3H3/b11-10+. The molecule has 0 radical (unpaired) electrons. The highest BCUT2D eigenvalue weighted by Gasteiger charge is 2.08. The van der Waals surface area contributed by atoms with E-state index in [9.17, 15) is 4.79 Å². The summed E-state index contributed by atoms with van der Waals surface area (Å²) in [5.41, 5.74) is 0.596. The molecule has 1 aromatic carbocycles. The van der Waals surface area contributed by atoms with Crippen LogP contribution < -0.4 is 4.74 Å². The Labute approximate surface area is 103 Å². The Bertz CT molecular complexity index is 395. The van der Waals surface area contributed by atoms with Crippen molar-refractivity contribution in [3.05, 3.63) is 42.1 Å². The largest absolute Gasteiger partial charge is 0.496 e. The minimum atomic E-state index is -0.0330. The van der Waals surface area contributed by atoms with E-state index in [-0.39, 0.29) is 5.78 Å². The molecule has 0 saturated heterocycles. The number of para-hydroxylation sites is 1. The minimum Gasteiger partial charge on any atom is -0.496 e. The Kier molecular flexibility index (Phi) is 5.27. The molecule has 0 bridgehead atoms. The molecule has 0 aromatic heterocycles. The average molecular weight is 233 g/mol. The van der Waals surface area contributed by atoms with E-state index in [1.165, 1.54) is 0 Å². The fourth-order valence-corrected chi connectivity index (χ4v) is 1.55. The van der Waals surface area contributed by atoms with Crippen LogP contribution in [-0.4, -0.2) is 30.9 Å². The van der Waals surface area contributed by atoms with Crippen molar-refractivity contribution in [2.45, 2.75) is 13.8 Å². The molecule has 0 N–H and O–H groups in total. The second kappa shape index (κ2) is 6.74. The summed E-state index contributed by atoms with van der Waals surface area (Å²) >= 11 is 0. The van der Waals surface area contributed by atoms with Crippen LogP contribution in [0.1, 0.15) is 24.2 Å². The van der Waals surface area contributed by atoms with Crippen LogP contribution in [0, 0.1) is 0 Å². The SMILES string of the molecule is CCN(/C=C/C(=O)c1ccccc1OC)CC. The molecule has 0 heterocycles. The van der Waals surface area contributed by atoms with Gasteiger partial charge >= 0.3 is 0 Å². The number of carbonyl (C=O) groups excluding carboxylic acids is 1. The maximum atomic E-state index is 12.0. The van der Waals surface area contributed by atoms with Gasteiger partial charge in [-0.15, -0.1) is 0 Å². The second-order valence-corrected chi connectivity index (χ2v) is 3.60. The van der Waals surface area contributed by atoms with Gasteiger partial charge in [-0.25, -0.2) is 0 Å². The maximum absolute atomic E-state index is 12.0. The highest BCUT2D eigenvalue weighted by molar-refractivity contribution is 6.06. The van der Waals surface area contributed by atoms with Gasteiger partial charge in [0.2, 0.25) is 0 Å². The molecular weight excluding hydrogens is 214 g/mol. The van der Waals surface area contributed by atoms with Gasteiger partial charge in [0.05, 0.1) is 12.7 Å². The molecule has 0 aliphatic carbocycles. The predicted molar refractivity (Wildman–Crippen MR) is 69.4 cm³/mol. The van der Waals surface area contributed by atoms with Crippen molar-refractivity contribution in [3.8, 4) is 5.75 Å². The average Bonchev–Trinajstić information content (AvgIpc) is 2.39. The number of allylic oxidation sites excluding steroid dienone is 1. The van der Waals surface area contributed by atoms with Gasteiger partial charge in [-0.05, 0) is 26.0 Å². The number of benzene rings is 1. The minimum absolute atomic E-state index is 0.0330. The Hall–Kier alpha value is -1.77.